The standard InChI is InChI=1S/C28H31N3O3.C2H2O4/c1-3-31-26-7-5-4-6-24(26)25-18-21(8-13-27(25)31)19-29-14-16-30(17-15-29)28(32)20-34-23-11-9-22(33-2)10-12-23;3-1(4)2(5)6/h4-13,18H,3,14-17,19-20H2,1-2H3;(H,3,4)(H,5,6). The van der Waals surface area contributed by atoms with Crippen molar-refractivity contribution in [2.24, 2.45) is 0 Å². The summed E-state index contributed by atoms with van der Waals surface area (Å²) < 4.78 is 13.2. The molecule has 1 saturated heterocycles. The molecule has 3 aromatic carbocycles. The maximum absolute atomic E-state index is 12.6. The first-order valence-electron chi connectivity index (χ1n) is 13.0. The maximum Gasteiger partial charge on any atom is 0.414 e. The zero-order valence-electron chi connectivity index (χ0n) is 22.6. The predicted molar refractivity (Wildman–Crippen MR) is 151 cm³/mol. The van der Waals surface area contributed by atoms with Crippen LogP contribution in [0.4, 0.5) is 0 Å². The molecule has 1 aliphatic heterocycles. The van der Waals surface area contributed by atoms with Crippen molar-refractivity contribution in [1.82, 2.24) is 14.4 Å². The third-order valence-corrected chi connectivity index (χ3v) is 6.89. The number of carboxylic acids is 2. The van der Waals surface area contributed by atoms with Gasteiger partial charge in [-0.2, -0.15) is 0 Å². The zero-order chi connectivity index (χ0) is 28.6. The number of aryl methyl sites for hydroxylation is 1. The van der Waals surface area contributed by atoms with Crippen LogP contribution in [-0.4, -0.2) is 82.3 Å². The van der Waals surface area contributed by atoms with Crippen LogP contribution in [0.25, 0.3) is 21.8 Å². The number of piperazine rings is 1. The molecule has 10 heteroatoms. The summed E-state index contributed by atoms with van der Waals surface area (Å²) in [6, 6.07) is 22.8. The molecule has 0 atom stereocenters. The number of hydrogen-bond acceptors (Lipinski definition) is 6. The molecule has 1 amide bonds. The van der Waals surface area contributed by atoms with Gasteiger partial charge in [0.1, 0.15) is 11.5 Å². The molecule has 1 fully saturated rings. The summed E-state index contributed by atoms with van der Waals surface area (Å²) in [5.74, 6) is -2.17. The van der Waals surface area contributed by atoms with Gasteiger partial charge in [-0.3, -0.25) is 9.69 Å². The smallest absolute Gasteiger partial charge is 0.414 e. The Balaban J connectivity index is 0.000000557. The van der Waals surface area contributed by atoms with Crippen LogP contribution in [0.15, 0.2) is 66.7 Å². The summed E-state index contributed by atoms with van der Waals surface area (Å²) in [6.45, 7) is 7.29. The van der Waals surface area contributed by atoms with Crippen molar-refractivity contribution in [2.45, 2.75) is 20.0 Å². The molecule has 0 bridgehead atoms. The third kappa shape index (κ3) is 6.70. The van der Waals surface area contributed by atoms with Crippen LogP contribution in [0.2, 0.25) is 0 Å². The number of amides is 1. The Labute approximate surface area is 231 Å². The first-order chi connectivity index (χ1) is 19.3. The van der Waals surface area contributed by atoms with Crippen LogP contribution in [0.3, 0.4) is 0 Å². The van der Waals surface area contributed by atoms with Gasteiger partial charge in [0.25, 0.3) is 5.91 Å². The second kappa shape index (κ2) is 13.0. The number of methoxy groups -OCH3 is 1. The van der Waals surface area contributed by atoms with Crippen LogP contribution in [0, 0.1) is 0 Å². The van der Waals surface area contributed by atoms with E-state index in [1.54, 1.807) is 7.11 Å². The molecule has 0 radical (unpaired) electrons. The van der Waals surface area contributed by atoms with E-state index < -0.39 is 11.9 Å². The Kier molecular flexibility index (Phi) is 9.23. The monoisotopic (exact) mass is 547 g/mol. The highest BCUT2D eigenvalue weighted by Gasteiger charge is 2.22. The quantitative estimate of drug-likeness (QED) is 0.336. The molecular weight excluding hydrogens is 514 g/mol. The SMILES string of the molecule is CCn1c2ccccc2c2cc(CN3CCN(C(=O)COc4ccc(OC)cc4)CC3)ccc21.O=C(O)C(=O)O. The van der Waals surface area contributed by atoms with Gasteiger partial charge in [-0.15, -0.1) is 0 Å². The minimum absolute atomic E-state index is 0.0317. The average Bonchev–Trinajstić information content (AvgIpc) is 3.29. The van der Waals surface area contributed by atoms with Crippen molar-refractivity contribution in [3.8, 4) is 11.5 Å². The summed E-state index contributed by atoms with van der Waals surface area (Å²) >= 11 is 0. The van der Waals surface area contributed by atoms with Crippen LogP contribution in [-0.2, 0) is 27.5 Å². The van der Waals surface area contributed by atoms with Crippen molar-refractivity contribution >= 4 is 39.7 Å². The molecule has 10 nitrogen and oxygen atoms in total. The fourth-order valence-corrected chi connectivity index (χ4v) is 4.86. The highest BCUT2D eigenvalue weighted by Crippen LogP contribution is 2.30. The van der Waals surface area contributed by atoms with E-state index in [1.807, 2.05) is 29.2 Å². The lowest BCUT2D eigenvalue weighted by Gasteiger charge is -2.34. The van der Waals surface area contributed by atoms with Crippen LogP contribution in [0.1, 0.15) is 12.5 Å². The van der Waals surface area contributed by atoms with E-state index in [9.17, 15) is 4.79 Å². The molecule has 2 heterocycles. The predicted octanol–water partition coefficient (Wildman–Crippen LogP) is 3.70. The van der Waals surface area contributed by atoms with Crippen molar-refractivity contribution in [2.75, 3.05) is 39.9 Å². The zero-order valence-corrected chi connectivity index (χ0v) is 22.6. The van der Waals surface area contributed by atoms with E-state index in [0.29, 0.717) is 5.75 Å². The van der Waals surface area contributed by atoms with E-state index in [4.69, 9.17) is 29.3 Å². The number of aromatic nitrogens is 1. The van der Waals surface area contributed by atoms with E-state index in [1.165, 1.54) is 27.4 Å². The van der Waals surface area contributed by atoms with Gasteiger partial charge >= 0.3 is 11.9 Å². The molecule has 5 rings (SSSR count). The summed E-state index contributed by atoms with van der Waals surface area (Å²) in [5, 5.41) is 17.4. The summed E-state index contributed by atoms with van der Waals surface area (Å²) in [7, 11) is 1.63. The molecule has 1 aliphatic rings. The fourth-order valence-electron chi connectivity index (χ4n) is 4.86. The minimum Gasteiger partial charge on any atom is -0.497 e. The molecule has 1 aromatic heterocycles. The largest absolute Gasteiger partial charge is 0.497 e. The average molecular weight is 548 g/mol. The summed E-state index contributed by atoms with van der Waals surface area (Å²) in [5.41, 5.74) is 3.90. The number of carbonyl (C=O) groups is 3. The molecule has 40 heavy (non-hydrogen) atoms. The van der Waals surface area contributed by atoms with Gasteiger partial charge in [0, 0.05) is 61.1 Å². The molecule has 2 N–H and O–H groups in total. The number of carbonyl (C=O) groups excluding carboxylic acids is 1. The highest BCUT2D eigenvalue weighted by molar-refractivity contribution is 6.27. The first-order valence-corrected chi connectivity index (χ1v) is 13.0. The summed E-state index contributed by atoms with van der Waals surface area (Å²) in [6.07, 6.45) is 0. The number of ether oxygens (including phenoxy) is 2. The van der Waals surface area contributed by atoms with Gasteiger partial charge in [0.2, 0.25) is 0 Å². The Hall–Kier alpha value is -4.57. The number of aliphatic carboxylic acids is 2. The van der Waals surface area contributed by atoms with E-state index in [2.05, 4.69) is 58.9 Å². The Morgan fingerprint density at radius 3 is 2.05 bits per heavy atom. The fraction of sp³-hybridized carbons (Fsp3) is 0.300. The molecule has 0 aliphatic carbocycles. The first kappa shape index (κ1) is 28.4. The van der Waals surface area contributed by atoms with Gasteiger partial charge in [0.15, 0.2) is 6.61 Å². The number of benzene rings is 3. The molecule has 0 spiro atoms. The molecule has 210 valence electrons. The van der Waals surface area contributed by atoms with Crippen LogP contribution >= 0.6 is 0 Å². The van der Waals surface area contributed by atoms with E-state index in [-0.39, 0.29) is 12.5 Å². The van der Waals surface area contributed by atoms with E-state index in [0.717, 1.165) is 45.0 Å². The Morgan fingerprint density at radius 2 is 1.43 bits per heavy atom. The van der Waals surface area contributed by atoms with E-state index >= 15 is 0 Å². The second-order valence-corrected chi connectivity index (χ2v) is 9.34. The maximum atomic E-state index is 12.6. The highest BCUT2D eigenvalue weighted by atomic mass is 16.5. The van der Waals surface area contributed by atoms with Gasteiger partial charge in [0.05, 0.1) is 7.11 Å². The minimum atomic E-state index is -1.82. The lowest BCUT2D eigenvalue weighted by atomic mass is 10.1. The van der Waals surface area contributed by atoms with Gasteiger partial charge < -0.3 is 29.2 Å². The van der Waals surface area contributed by atoms with Crippen LogP contribution in [0.5, 0.6) is 11.5 Å². The Bertz CT molecular complexity index is 1480. The molecule has 0 unspecified atom stereocenters. The number of hydrogen-bond donors (Lipinski definition) is 2. The number of carboxylic acid groups (broad SMARTS) is 2. The van der Waals surface area contributed by atoms with Crippen molar-refractivity contribution in [3.05, 3.63) is 72.3 Å². The molecule has 4 aromatic rings. The lowest BCUT2D eigenvalue weighted by Crippen LogP contribution is -2.49. The number of fused-ring (bicyclic) bond motifs is 3. The number of rotatable bonds is 7. The van der Waals surface area contributed by atoms with Crippen molar-refractivity contribution in [3.63, 3.8) is 0 Å². The second-order valence-electron chi connectivity index (χ2n) is 9.34. The van der Waals surface area contributed by atoms with Crippen LogP contribution < -0.4 is 9.47 Å². The normalized spacial score (nSPS) is 13.5. The van der Waals surface area contributed by atoms with Crippen molar-refractivity contribution < 1.29 is 34.1 Å². The van der Waals surface area contributed by atoms with Gasteiger partial charge in [-0.1, -0.05) is 24.3 Å². The number of para-hydroxylation sites is 1. The topological polar surface area (TPSA) is 122 Å². The molecule has 0 saturated carbocycles. The third-order valence-electron chi connectivity index (χ3n) is 6.89. The summed E-state index contributed by atoms with van der Waals surface area (Å²) in [4.78, 5) is 35.1. The van der Waals surface area contributed by atoms with Crippen molar-refractivity contribution in [1.29, 1.82) is 0 Å². The van der Waals surface area contributed by atoms with Gasteiger partial charge in [-0.05, 0) is 55.0 Å². The lowest BCUT2D eigenvalue weighted by molar-refractivity contribution is -0.159. The Morgan fingerprint density at radius 1 is 0.800 bits per heavy atom. The number of nitrogens with zero attached hydrogens (tertiary/aromatic N) is 3. The van der Waals surface area contributed by atoms with Gasteiger partial charge in [-0.25, -0.2) is 9.59 Å². The molecular formula is C30H33N3O7.